The van der Waals surface area contributed by atoms with Gasteiger partial charge in [-0.15, -0.1) is 0 Å². The summed E-state index contributed by atoms with van der Waals surface area (Å²) in [5, 5.41) is 0. The molecule has 2 heterocycles. The van der Waals surface area contributed by atoms with Gasteiger partial charge in [-0.3, -0.25) is 0 Å². The Labute approximate surface area is 179 Å². The van der Waals surface area contributed by atoms with Crippen molar-refractivity contribution in [3.05, 3.63) is 0 Å². The molecule has 0 saturated carbocycles. The zero-order chi connectivity index (χ0) is 19.0. The predicted molar refractivity (Wildman–Crippen MR) is 130 cm³/mol. The summed E-state index contributed by atoms with van der Waals surface area (Å²) in [6, 6.07) is 0. The Morgan fingerprint density at radius 2 is 0.643 bits per heavy atom. The number of piperazine rings is 2. The van der Waals surface area contributed by atoms with E-state index < -0.39 is 0 Å². The minimum absolute atomic E-state index is 0. The second-order valence-corrected chi connectivity index (χ2v) is 8.07. The highest BCUT2D eigenvalue weighted by Crippen LogP contribution is 2.05. The van der Waals surface area contributed by atoms with Gasteiger partial charge >= 0.3 is 0 Å². The van der Waals surface area contributed by atoms with E-state index in [2.05, 4.69) is 47.3 Å². The molecule has 0 unspecified atom stereocenters. The van der Waals surface area contributed by atoms with Crippen LogP contribution in [0.25, 0.3) is 0 Å². The van der Waals surface area contributed by atoms with E-state index in [0.29, 0.717) is 0 Å². The van der Waals surface area contributed by atoms with Crippen LogP contribution in [0.5, 0.6) is 0 Å². The molecule has 0 spiro atoms. The maximum atomic E-state index is 2.62. The quantitative estimate of drug-likeness (QED) is 0.517. The first-order valence-corrected chi connectivity index (χ1v) is 11.6. The van der Waals surface area contributed by atoms with E-state index in [9.17, 15) is 0 Å². The molecule has 0 atom stereocenters. The van der Waals surface area contributed by atoms with Gasteiger partial charge in [0.05, 0.1) is 0 Å². The summed E-state index contributed by atoms with van der Waals surface area (Å²) >= 11 is 0. The van der Waals surface area contributed by atoms with Crippen molar-refractivity contribution in [2.75, 3.05) is 78.5 Å². The van der Waals surface area contributed by atoms with Gasteiger partial charge in [0.25, 0.3) is 0 Å². The summed E-state index contributed by atoms with van der Waals surface area (Å²) in [4.78, 5) is 10.4. The van der Waals surface area contributed by atoms with Gasteiger partial charge in [-0.05, 0) is 51.9 Å². The lowest BCUT2D eigenvalue weighted by Crippen LogP contribution is -2.46. The van der Waals surface area contributed by atoms with Gasteiger partial charge in [0.15, 0.2) is 0 Å². The van der Waals surface area contributed by atoms with Crippen LogP contribution < -0.4 is 0 Å². The Morgan fingerprint density at radius 1 is 0.393 bits per heavy atom. The smallest absolute Gasteiger partial charge is 0.0110 e. The van der Waals surface area contributed by atoms with Crippen molar-refractivity contribution in [2.45, 2.75) is 81.1 Å². The first-order chi connectivity index (χ1) is 12.7. The summed E-state index contributed by atoms with van der Waals surface area (Å²) in [5.74, 6) is 0. The molecule has 0 aromatic heterocycles. The van der Waals surface area contributed by atoms with E-state index in [4.69, 9.17) is 0 Å². The van der Waals surface area contributed by atoms with Crippen LogP contribution in [-0.2, 0) is 0 Å². The van der Waals surface area contributed by atoms with Crippen molar-refractivity contribution in [3.8, 4) is 0 Å². The van der Waals surface area contributed by atoms with Crippen LogP contribution >= 0.6 is 0 Å². The minimum Gasteiger partial charge on any atom is -0.301 e. The van der Waals surface area contributed by atoms with Crippen molar-refractivity contribution >= 4 is 0 Å². The second kappa shape index (κ2) is 20.1. The highest BCUT2D eigenvalue weighted by molar-refractivity contribution is 4.72. The van der Waals surface area contributed by atoms with Crippen LogP contribution in [-0.4, -0.2) is 98.1 Å². The highest BCUT2D eigenvalue weighted by Gasteiger charge is 2.15. The SMILES string of the molecule is C.C.CCCCN1CCN(CCCC)CC1.CCCN1CCN(CCC)CC1. The Bertz CT molecular complexity index is 265. The van der Waals surface area contributed by atoms with Crippen molar-refractivity contribution in [2.24, 2.45) is 0 Å². The molecular formula is C24H56N4. The molecule has 2 fully saturated rings. The molecule has 0 bridgehead atoms. The molecule has 2 aliphatic rings. The second-order valence-electron chi connectivity index (χ2n) is 8.07. The topological polar surface area (TPSA) is 13.0 Å². The number of hydrogen-bond acceptors (Lipinski definition) is 4. The van der Waals surface area contributed by atoms with Gasteiger partial charge in [0.2, 0.25) is 0 Å². The molecule has 0 amide bonds. The number of unbranched alkanes of at least 4 members (excludes halogenated alkanes) is 2. The van der Waals surface area contributed by atoms with Crippen molar-refractivity contribution in [1.29, 1.82) is 0 Å². The van der Waals surface area contributed by atoms with Gasteiger partial charge in [-0.25, -0.2) is 0 Å². The van der Waals surface area contributed by atoms with E-state index in [-0.39, 0.29) is 14.9 Å². The molecule has 2 rings (SSSR count). The molecule has 0 N–H and O–H groups in total. The van der Waals surface area contributed by atoms with Gasteiger partial charge in [0, 0.05) is 52.4 Å². The Balaban J connectivity index is 0. The summed E-state index contributed by atoms with van der Waals surface area (Å²) in [7, 11) is 0. The normalized spacial score (nSPS) is 19.3. The largest absolute Gasteiger partial charge is 0.301 e. The van der Waals surface area contributed by atoms with Gasteiger partial charge in [0.1, 0.15) is 0 Å². The molecular weight excluding hydrogens is 344 g/mol. The minimum atomic E-state index is 0. The summed E-state index contributed by atoms with van der Waals surface area (Å²) < 4.78 is 0. The number of hydrogen-bond donors (Lipinski definition) is 0. The average molecular weight is 401 g/mol. The zero-order valence-electron chi connectivity index (χ0n) is 18.5. The lowest BCUT2D eigenvalue weighted by molar-refractivity contribution is 0.130. The molecule has 4 heteroatoms. The maximum absolute atomic E-state index is 2.62. The van der Waals surface area contributed by atoms with Crippen LogP contribution in [0.15, 0.2) is 0 Å². The molecule has 0 aromatic rings. The summed E-state index contributed by atoms with van der Waals surface area (Å²) in [6.45, 7) is 24.6. The fourth-order valence-electron chi connectivity index (χ4n) is 3.87. The Kier molecular flexibility index (Phi) is 21.6. The number of nitrogens with zero attached hydrogens (tertiary/aromatic N) is 4. The Hall–Kier alpha value is -0.160. The van der Waals surface area contributed by atoms with E-state index >= 15 is 0 Å². The molecule has 0 aliphatic carbocycles. The first kappa shape index (κ1) is 30.0. The third-order valence-corrected chi connectivity index (χ3v) is 5.67. The van der Waals surface area contributed by atoms with Crippen molar-refractivity contribution < 1.29 is 0 Å². The number of rotatable bonds is 10. The lowest BCUT2D eigenvalue weighted by atomic mass is 10.2. The standard InChI is InChI=1S/C12H26N2.C10H22N2.2CH4/c1-3-5-7-13-9-11-14(12-10-13)8-6-4-2;1-3-5-11-7-9-12(6-4-2)10-8-11;;/h3-12H2,1-2H3;3-10H2,1-2H3;2*1H4. The third kappa shape index (κ3) is 13.9. The summed E-state index contributed by atoms with van der Waals surface area (Å²) in [5.41, 5.74) is 0. The first-order valence-electron chi connectivity index (χ1n) is 11.6. The fraction of sp³-hybridized carbons (Fsp3) is 1.00. The van der Waals surface area contributed by atoms with Crippen LogP contribution in [0.3, 0.4) is 0 Å². The van der Waals surface area contributed by atoms with Gasteiger partial charge in [-0.2, -0.15) is 0 Å². The van der Waals surface area contributed by atoms with Crippen LogP contribution in [0.2, 0.25) is 0 Å². The highest BCUT2D eigenvalue weighted by atomic mass is 15.3. The monoisotopic (exact) mass is 400 g/mol. The van der Waals surface area contributed by atoms with E-state index in [1.54, 1.807) is 0 Å². The Morgan fingerprint density at radius 3 is 0.857 bits per heavy atom. The van der Waals surface area contributed by atoms with E-state index in [1.807, 2.05) is 0 Å². The molecule has 2 saturated heterocycles. The van der Waals surface area contributed by atoms with E-state index in [0.717, 1.165) is 0 Å². The molecule has 172 valence electrons. The molecule has 4 nitrogen and oxygen atoms in total. The van der Waals surface area contributed by atoms with Crippen LogP contribution in [0, 0.1) is 0 Å². The zero-order valence-corrected chi connectivity index (χ0v) is 18.5. The molecule has 0 aromatic carbocycles. The van der Waals surface area contributed by atoms with Crippen molar-refractivity contribution in [3.63, 3.8) is 0 Å². The van der Waals surface area contributed by atoms with Crippen LogP contribution in [0.4, 0.5) is 0 Å². The van der Waals surface area contributed by atoms with Gasteiger partial charge < -0.3 is 19.6 Å². The average Bonchev–Trinajstić information content (AvgIpc) is 2.68. The van der Waals surface area contributed by atoms with Crippen LogP contribution in [0.1, 0.15) is 81.1 Å². The maximum Gasteiger partial charge on any atom is 0.0110 e. The summed E-state index contributed by atoms with van der Waals surface area (Å²) in [6.07, 6.45) is 8.00. The van der Waals surface area contributed by atoms with Gasteiger partial charge in [-0.1, -0.05) is 55.4 Å². The fourth-order valence-corrected chi connectivity index (χ4v) is 3.87. The predicted octanol–water partition coefficient (Wildman–Crippen LogP) is 4.90. The third-order valence-electron chi connectivity index (χ3n) is 5.67. The van der Waals surface area contributed by atoms with E-state index in [1.165, 1.54) is 117 Å². The molecule has 2 aliphatic heterocycles. The molecule has 0 radical (unpaired) electrons. The van der Waals surface area contributed by atoms with Crippen molar-refractivity contribution in [1.82, 2.24) is 19.6 Å². The lowest BCUT2D eigenvalue weighted by Gasteiger charge is -2.34. The molecule has 28 heavy (non-hydrogen) atoms.